The smallest absolute Gasteiger partial charge is 0.349 e. The van der Waals surface area contributed by atoms with Crippen LogP contribution in [0.1, 0.15) is 26.3 Å². The van der Waals surface area contributed by atoms with E-state index in [-0.39, 0.29) is 11.7 Å². The highest BCUT2D eigenvalue weighted by molar-refractivity contribution is 5.98. The van der Waals surface area contributed by atoms with Crippen molar-refractivity contribution in [2.45, 2.75) is 26.9 Å². The summed E-state index contributed by atoms with van der Waals surface area (Å²) in [6, 6.07) is 7.02. The molecule has 0 aliphatic rings. The summed E-state index contributed by atoms with van der Waals surface area (Å²) >= 11 is 0. The highest BCUT2D eigenvalue weighted by atomic mass is 16.5. The number of rotatable bonds is 6. The molecule has 0 radical (unpaired) electrons. The lowest BCUT2D eigenvalue weighted by Crippen LogP contribution is -2.12. The van der Waals surface area contributed by atoms with Crippen LogP contribution in [0.25, 0.3) is 6.08 Å². The van der Waals surface area contributed by atoms with E-state index in [1.54, 1.807) is 39.2 Å². The molecule has 0 amide bonds. The Labute approximate surface area is 124 Å². The molecule has 0 atom stereocenters. The summed E-state index contributed by atoms with van der Waals surface area (Å²) in [5.41, 5.74) is 0.604. The van der Waals surface area contributed by atoms with E-state index in [0.29, 0.717) is 23.7 Å². The zero-order chi connectivity index (χ0) is 15.8. The summed E-state index contributed by atoms with van der Waals surface area (Å²) in [5, 5.41) is 9.07. The number of ether oxygens (including phenoxy) is 3. The predicted molar refractivity (Wildman–Crippen MR) is 79.0 cm³/mol. The van der Waals surface area contributed by atoms with Crippen LogP contribution in [0, 0.1) is 11.3 Å². The fourth-order valence-electron chi connectivity index (χ4n) is 1.63. The standard InChI is InChI=1S/C16H19NO4/c1-5-20-15-9-12(6-7-14(15)19-4)8-13(10-17)16(18)21-11(2)3/h6-9,11H,5H2,1-4H3/b13-8+. The number of nitriles is 1. The van der Waals surface area contributed by atoms with E-state index < -0.39 is 5.97 Å². The van der Waals surface area contributed by atoms with Crippen molar-refractivity contribution in [2.75, 3.05) is 13.7 Å². The molecule has 0 aliphatic heterocycles. The number of hydrogen-bond donors (Lipinski definition) is 0. The molecule has 0 N–H and O–H groups in total. The Balaban J connectivity index is 3.09. The molecule has 1 rings (SSSR count). The van der Waals surface area contributed by atoms with Crippen LogP contribution in [0.2, 0.25) is 0 Å². The van der Waals surface area contributed by atoms with E-state index >= 15 is 0 Å². The number of nitrogens with zero attached hydrogens (tertiary/aromatic N) is 1. The maximum absolute atomic E-state index is 11.8. The molecule has 0 heterocycles. The predicted octanol–water partition coefficient (Wildman–Crippen LogP) is 2.95. The van der Waals surface area contributed by atoms with Crippen molar-refractivity contribution in [1.29, 1.82) is 5.26 Å². The zero-order valence-corrected chi connectivity index (χ0v) is 12.7. The zero-order valence-electron chi connectivity index (χ0n) is 12.7. The van der Waals surface area contributed by atoms with Gasteiger partial charge in [-0.1, -0.05) is 6.07 Å². The van der Waals surface area contributed by atoms with Gasteiger partial charge < -0.3 is 14.2 Å². The second-order valence-corrected chi connectivity index (χ2v) is 4.47. The molecule has 1 aromatic carbocycles. The number of benzene rings is 1. The van der Waals surface area contributed by atoms with Crippen molar-refractivity contribution in [3.05, 3.63) is 29.3 Å². The van der Waals surface area contributed by atoms with Crippen molar-refractivity contribution < 1.29 is 19.0 Å². The van der Waals surface area contributed by atoms with Crippen molar-refractivity contribution >= 4 is 12.0 Å². The minimum absolute atomic E-state index is 0.0590. The van der Waals surface area contributed by atoms with Crippen LogP contribution >= 0.6 is 0 Å². The van der Waals surface area contributed by atoms with Crippen LogP contribution < -0.4 is 9.47 Å². The fourth-order valence-corrected chi connectivity index (χ4v) is 1.63. The van der Waals surface area contributed by atoms with Gasteiger partial charge in [0.15, 0.2) is 11.5 Å². The highest BCUT2D eigenvalue weighted by Crippen LogP contribution is 2.29. The van der Waals surface area contributed by atoms with Gasteiger partial charge in [0, 0.05) is 0 Å². The third-order valence-corrected chi connectivity index (χ3v) is 2.48. The van der Waals surface area contributed by atoms with E-state index in [4.69, 9.17) is 19.5 Å². The van der Waals surface area contributed by atoms with Crippen LogP contribution in [0.3, 0.4) is 0 Å². The third-order valence-electron chi connectivity index (χ3n) is 2.48. The number of esters is 1. The molecule has 5 nitrogen and oxygen atoms in total. The molecule has 0 spiro atoms. The molecular weight excluding hydrogens is 270 g/mol. The van der Waals surface area contributed by atoms with Gasteiger partial charge in [-0.2, -0.15) is 5.26 Å². The summed E-state index contributed by atoms with van der Waals surface area (Å²) in [4.78, 5) is 11.8. The first-order valence-corrected chi connectivity index (χ1v) is 6.65. The molecule has 1 aromatic rings. The molecule has 21 heavy (non-hydrogen) atoms. The Kier molecular flexibility index (Phi) is 6.28. The van der Waals surface area contributed by atoms with Gasteiger partial charge in [0.25, 0.3) is 0 Å². The minimum atomic E-state index is -0.638. The first-order chi connectivity index (χ1) is 10.0. The Morgan fingerprint density at radius 2 is 2.10 bits per heavy atom. The van der Waals surface area contributed by atoms with E-state index in [1.807, 2.05) is 13.0 Å². The summed E-state index contributed by atoms with van der Waals surface area (Å²) in [6.07, 6.45) is 1.19. The Hall–Kier alpha value is -2.48. The first kappa shape index (κ1) is 16.6. The van der Waals surface area contributed by atoms with Crippen molar-refractivity contribution in [2.24, 2.45) is 0 Å². The molecule has 0 aromatic heterocycles. The van der Waals surface area contributed by atoms with Crippen LogP contribution in [0.15, 0.2) is 23.8 Å². The minimum Gasteiger partial charge on any atom is -0.493 e. The largest absolute Gasteiger partial charge is 0.493 e. The molecule has 0 saturated heterocycles. The molecular formula is C16H19NO4. The molecule has 5 heteroatoms. The highest BCUT2D eigenvalue weighted by Gasteiger charge is 2.13. The van der Waals surface area contributed by atoms with Crippen molar-refractivity contribution in [3.8, 4) is 17.6 Å². The van der Waals surface area contributed by atoms with Gasteiger partial charge in [-0.3, -0.25) is 0 Å². The van der Waals surface area contributed by atoms with Crippen LogP contribution in [-0.2, 0) is 9.53 Å². The first-order valence-electron chi connectivity index (χ1n) is 6.65. The lowest BCUT2D eigenvalue weighted by molar-refractivity contribution is -0.142. The van der Waals surface area contributed by atoms with Gasteiger partial charge in [0.05, 0.1) is 19.8 Å². The van der Waals surface area contributed by atoms with Crippen LogP contribution in [0.4, 0.5) is 0 Å². The fraction of sp³-hybridized carbons (Fsp3) is 0.375. The Morgan fingerprint density at radius 3 is 2.62 bits per heavy atom. The van der Waals surface area contributed by atoms with E-state index in [9.17, 15) is 4.79 Å². The third kappa shape index (κ3) is 4.84. The average Bonchev–Trinajstić information content (AvgIpc) is 2.44. The molecule has 0 bridgehead atoms. The summed E-state index contributed by atoms with van der Waals surface area (Å²) in [6.45, 7) is 5.81. The topological polar surface area (TPSA) is 68.5 Å². The van der Waals surface area contributed by atoms with E-state index in [0.717, 1.165) is 0 Å². The number of methoxy groups -OCH3 is 1. The summed E-state index contributed by atoms with van der Waals surface area (Å²) in [5.74, 6) is 0.516. The number of carbonyl (C=O) groups excluding carboxylic acids is 1. The summed E-state index contributed by atoms with van der Waals surface area (Å²) in [7, 11) is 1.55. The summed E-state index contributed by atoms with van der Waals surface area (Å²) < 4.78 is 15.6. The normalized spacial score (nSPS) is 11.0. The molecule has 0 unspecified atom stereocenters. The molecule has 112 valence electrons. The quantitative estimate of drug-likeness (QED) is 0.457. The van der Waals surface area contributed by atoms with Gasteiger partial charge in [0.1, 0.15) is 11.6 Å². The molecule has 0 saturated carbocycles. The van der Waals surface area contributed by atoms with Gasteiger partial charge in [0.2, 0.25) is 0 Å². The van der Waals surface area contributed by atoms with E-state index in [1.165, 1.54) is 6.08 Å². The van der Waals surface area contributed by atoms with Crippen LogP contribution in [0.5, 0.6) is 11.5 Å². The monoisotopic (exact) mass is 289 g/mol. The number of hydrogen-bond acceptors (Lipinski definition) is 5. The lowest BCUT2D eigenvalue weighted by Gasteiger charge is -2.10. The van der Waals surface area contributed by atoms with Crippen molar-refractivity contribution in [3.63, 3.8) is 0 Å². The SMILES string of the molecule is CCOc1cc(/C=C(\C#N)C(=O)OC(C)C)ccc1OC. The molecule has 0 fully saturated rings. The number of carbonyl (C=O) groups is 1. The van der Waals surface area contributed by atoms with E-state index in [2.05, 4.69) is 0 Å². The average molecular weight is 289 g/mol. The van der Waals surface area contributed by atoms with Gasteiger partial charge in [-0.25, -0.2) is 4.79 Å². The maximum Gasteiger partial charge on any atom is 0.349 e. The lowest BCUT2D eigenvalue weighted by atomic mass is 10.1. The molecule has 0 aliphatic carbocycles. The second kappa shape index (κ2) is 7.95. The second-order valence-electron chi connectivity index (χ2n) is 4.47. The van der Waals surface area contributed by atoms with Gasteiger partial charge in [-0.05, 0) is 44.5 Å². The van der Waals surface area contributed by atoms with Gasteiger partial charge >= 0.3 is 5.97 Å². The van der Waals surface area contributed by atoms with Gasteiger partial charge in [-0.15, -0.1) is 0 Å². The van der Waals surface area contributed by atoms with Crippen molar-refractivity contribution in [1.82, 2.24) is 0 Å². The van der Waals surface area contributed by atoms with Crippen LogP contribution in [-0.4, -0.2) is 25.8 Å². The Bertz CT molecular complexity index is 570. The Morgan fingerprint density at radius 1 is 1.38 bits per heavy atom. The maximum atomic E-state index is 11.8.